The molecule has 0 rings (SSSR count). The largest absolute Gasteiger partial charge is 0.378 e. The fraction of sp³-hybridized carbons (Fsp3) is 0.929. The molecule has 0 aliphatic rings. The van der Waals surface area contributed by atoms with E-state index in [1.54, 1.807) is 0 Å². The van der Waals surface area contributed by atoms with Crippen molar-refractivity contribution in [3.8, 4) is 0 Å². The number of rotatable bonds is 11. The summed E-state index contributed by atoms with van der Waals surface area (Å²) in [7, 11) is 1.89. The first-order chi connectivity index (χ1) is 9.16. The number of carbonyl (C=O) groups excluding carboxylic acids is 1. The molecule has 0 heterocycles. The summed E-state index contributed by atoms with van der Waals surface area (Å²) in [6.45, 7) is 11.9. The molecule has 0 aromatic heterocycles. The van der Waals surface area contributed by atoms with Gasteiger partial charge < -0.3 is 20.1 Å². The first-order valence-corrected chi connectivity index (χ1v) is 7.23. The van der Waals surface area contributed by atoms with Crippen LogP contribution in [0.4, 0.5) is 0 Å². The molecule has 5 nitrogen and oxygen atoms in total. The van der Waals surface area contributed by atoms with E-state index in [1.807, 2.05) is 34.7 Å². The number of likely N-dealkylation sites (N-methyl/N-ethyl adjacent to an activating group) is 1. The molecule has 0 aromatic rings. The Bertz CT molecular complexity index is 188. The van der Waals surface area contributed by atoms with Crippen molar-refractivity contribution in [1.82, 2.24) is 10.6 Å². The summed E-state index contributed by atoms with van der Waals surface area (Å²) in [5.74, 6) is 0.491. The van der Waals surface area contributed by atoms with E-state index < -0.39 is 0 Å². The number of hydrogen-bond acceptors (Lipinski definition) is 4. The van der Waals surface area contributed by atoms with Gasteiger partial charge in [0, 0.05) is 19.5 Å². The molecular formula is C14H32N2O3. The number of ether oxygens (including phenoxy) is 2. The highest BCUT2D eigenvalue weighted by atomic mass is 16.5. The molecule has 19 heavy (non-hydrogen) atoms. The highest BCUT2D eigenvalue weighted by Gasteiger charge is 2.02. The molecule has 0 spiro atoms. The Labute approximate surface area is 118 Å². The zero-order valence-electron chi connectivity index (χ0n) is 13.3. The van der Waals surface area contributed by atoms with Gasteiger partial charge >= 0.3 is 0 Å². The number of amides is 1. The second kappa shape index (κ2) is 17.4. The first-order valence-electron chi connectivity index (χ1n) is 7.23. The quantitative estimate of drug-likeness (QED) is 0.560. The van der Waals surface area contributed by atoms with Crippen molar-refractivity contribution < 1.29 is 14.3 Å². The number of hydrogen-bond donors (Lipinski definition) is 2. The van der Waals surface area contributed by atoms with Crippen LogP contribution in [0, 0.1) is 5.92 Å². The van der Waals surface area contributed by atoms with Crippen molar-refractivity contribution in [2.75, 3.05) is 46.6 Å². The molecule has 5 heteroatoms. The molecule has 2 N–H and O–H groups in total. The van der Waals surface area contributed by atoms with Gasteiger partial charge in [0.2, 0.25) is 5.91 Å². The fourth-order valence-electron chi connectivity index (χ4n) is 1.20. The lowest BCUT2D eigenvalue weighted by Gasteiger charge is -2.08. The fourth-order valence-corrected chi connectivity index (χ4v) is 1.20. The van der Waals surface area contributed by atoms with Crippen LogP contribution in [-0.2, 0) is 14.3 Å². The second-order valence-corrected chi connectivity index (χ2v) is 4.28. The number of nitrogens with one attached hydrogen (secondary N) is 2. The van der Waals surface area contributed by atoms with Crippen LogP contribution in [0.25, 0.3) is 0 Å². The zero-order valence-corrected chi connectivity index (χ0v) is 13.3. The van der Waals surface area contributed by atoms with Gasteiger partial charge in [-0.2, -0.15) is 0 Å². The molecule has 0 aliphatic heterocycles. The van der Waals surface area contributed by atoms with Crippen molar-refractivity contribution >= 4 is 5.91 Å². The second-order valence-electron chi connectivity index (χ2n) is 4.28. The Kier molecular flexibility index (Phi) is 18.9. The van der Waals surface area contributed by atoms with Gasteiger partial charge in [0.25, 0.3) is 0 Å². The predicted octanol–water partition coefficient (Wildman–Crippen LogP) is 1.43. The minimum absolute atomic E-state index is 0.0915. The molecule has 0 unspecified atom stereocenters. The van der Waals surface area contributed by atoms with Gasteiger partial charge in [-0.05, 0) is 13.0 Å². The standard InChI is InChI=1S/C12H26N2O3.C2H6/c1-11(2)10-12(15)14-5-7-17-9-8-16-6-4-13-3;1-2/h11,13H,4-10H2,1-3H3,(H,14,15);1-2H3. The zero-order chi connectivity index (χ0) is 14.9. The molecule has 1 amide bonds. The van der Waals surface area contributed by atoms with Gasteiger partial charge in [0.15, 0.2) is 0 Å². The predicted molar refractivity (Wildman–Crippen MR) is 79.4 cm³/mol. The van der Waals surface area contributed by atoms with Crippen LogP contribution in [0.1, 0.15) is 34.1 Å². The van der Waals surface area contributed by atoms with Crippen LogP contribution in [0.15, 0.2) is 0 Å². The summed E-state index contributed by atoms with van der Waals surface area (Å²) in [5, 5.41) is 5.80. The lowest BCUT2D eigenvalue weighted by molar-refractivity contribution is -0.122. The average Bonchev–Trinajstić information content (AvgIpc) is 2.38. The Morgan fingerprint density at radius 1 is 1.00 bits per heavy atom. The lowest BCUT2D eigenvalue weighted by Crippen LogP contribution is -2.28. The smallest absolute Gasteiger partial charge is 0.220 e. The van der Waals surface area contributed by atoms with Gasteiger partial charge in [0.05, 0.1) is 26.4 Å². The molecule has 0 saturated heterocycles. The number of carbonyl (C=O) groups is 1. The third-order valence-corrected chi connectivity index (χ3v) is 2.03. The normalized spacial score (nSPS) is 10.0. The van der Waals surface area contributed by atoms with Crippen LogP contribution in [0.5, 0.6) is 0 Å². The monoisotopic (exact) mass is 276 g/mol. The summed E-state index contributed by atoms with van der Waals surface area (Å²) >= 11 is 0. The van der Waals surface area contributed by atoms with Gasteiger partial charge in [0.1, 0.15) is 0 Å². The molecule has 0 atom stereocenters. The van der Waals surface area contributed by atoms with E-state index in [0.29, 0.717) is 45.3 Å². The van der Waals surface area contributed by atoms with Gasteiger partial charge in [-0.1, -0.05) is 27.7 Å². The maximum Gasteiger partial charge on any atom is 0.220 e. The van der Waals surface area contributed by atoms with Crippen molar-refractivity contribution in [2.45, 2.75) is 34.1 Å². The molecule has 116 valence electrons. The molecule has 0 aliphatic carbocycles. The Balaban J connectivity index is 0. The summed E-state index contributed by atoms with van der Waals surface area (Å²) in [6, 6.07) is 0. The molecule has 0 bridgehead atoms. The summed E-state index contributed by atoms with van der Waals surface area (Å²) in [6.07, 6.45) is 0.577. The average molecular weight is 276 g/mol. The van der Waals surface area contributed by atoms with Gasteiger partial charge in [-0.15, -0.1) is 0 Å². The maximum absolute atomic E-state index is 11.3. The Morgan fingerprint density at radius 2 is 1.53 bits per heavy atom. The van der Waals surface area contributed by atoms with Crippen LogP contribution in [0.2, 0.25) is 0 Å². The summed E-state index contributed by atoms with van der Waals surface area (Å²) in [4.78, 5) is 11.3. The minimum Gasteiger partial charge on any atom is -0.378 e. The lowest BCUT2D eigenvalue weighted by atomic mass is 10.1. The highest BCUT2D eigenvalue weighted by Crippen LogP contribution is 1.97. The van der Waals surface area contributed by atoms with E-state index in [1.165, 1.54) is 0 Å². The highest BCUT2D eigenvalue weighted by molar-refractivity contribution is 5.75. The van der Waals surface area contributed by atoms with Crippen molar-refractivity contribution in [2.24, 2.45) is 5.92 Å². The molecule has 0 aromatic carbocycles. The third kappa shape index (κ3) is 19.9. The van der Waals surface area contributed by atoms with Gasteiger partial charge in [-0.25, -0.2) is 0 Å². The van der Waals surface area contributed by atoms with Crippen molar-refractivity contribution in [3.05, 3.63) is 0 Å². The van der Waals surface area contributed by atoms with E-state index >= 15 is 0 Å². The van der Waals surface area contributed by atoms with Crippen molar-refractivity contribution in [3.63, 3.8) is 0 Å². The minimum atomic E-state index is 0.0915. The molecule has 0 radical (unpaired) electrons. The SMILES string of the molecule is CC.CNCCOCCOCCNC(=O)CC(C)C. The van der Waals surface area contributed by atoms with E-state index in [0.717, 1.165) is 6.54 Å². The molecular weight excluding hydrogens is 244 g/mol. The van der Waals surface area contributed by atoms with Crippen LogP contribution < -0.4 is 10.6 Å². The third-order valence-electron chi connectivity index (χ3n) is 2.03. The maximum atomic E-state index is 11.3. The topological polar surface area (TPSA) is 59.6 Å². The molecule has 0 fully saturated rings. The summed E-state index contributed by atoms with van der Waals surface area (Å²) in [5.41, 5.74) is 0. The van der Waals surface area contributed by atoms with Gasteiger partial charge in [-0.3, -0.25) is 4.79 Å². The van der Waals surface area contributed by atoms with E-state index in [-0.39, 0.29) is 5.91 Å². The van der Waals surface area contributed by atoms with E-state index in [4.69, 9.17) is 9.47 Å². The van der Waals surface area contributed by atoms with Crippen LogP contribution in [0.3, 0.4) is 0 Å². The van der Waals surface area contributed by atoms with E-state index in [2.05, 4.69) is 10.6 Å². The Hall–Kier alpha value is -0.650. The van der Waals surface area contributed by atoms with Crippen molar-refractivity contribution in [1.29, 1.82) is 0 Å². The Morgan fingerprint density at radius 3 is 2.00 bits per heavy atom. The summed E-state index contributed by atoms with van der Waals surface area (Å²) < 4.78 is 10.6. The van der Waals surface area contributed by atoms with Crippen LogP contribution >= 0.6 is 0 Å². The van der Waals surface area contributed by atoms with Crippen LogP contribution in [-0.4, -0.2) is 52.5 Å². The first kappa shape index (κ1) is 20.7. The van der Waals surface area contributed by atoms with E-state index in [9.17, 15) is 4.79 Å². The molecule has 0 saturated carbocycles.